The van der Waals surface area contributed by atoms with Gasteiger partial charge in [0.15, 0.2) is 5.78 Å². The molecule has 0 saturated carbocycles. The van der Waals surface area contributed by atoms with Crippen LogP contribution in [-0.2, 0) is 6.42 Å². The van der Waals surface area contributed by atoms with Crippen molar-refractivity contribution in [2.75, 3.05) is 7.11 Å². The number of hydrogen-bond donors (Lipinski definition) is 0. The molecule has 0 radical (unpaired) electrons. The van der Waals surface area contributed by atoms with E-state index in [4.69, 9.17) is 4.74 Å². The molecule has 19 heavy (non-hydrogen) atoms. The third-order valence-corrected chi connectivity index (χ3v) is 2.96. The van der Waals surface area contributed by atoms with Crippen LogP contribution >= 0.6 is 0 Å². The minimum atomic E-state index is -0.545. The lowest BCUT2D eigenvalue weighted by Gasteiger charge is -2.08. The molecule has 2 aromatic rings. The van der Waals surface area contributed by atoms with Crippen molar-refractivity contribution >= 4 is 5.78 Å². The van der Waals surface area contributed by atoms with E-state index in [0.717, 1.165) is 11.1 Å². The number of ether oxygens (including phenoxy) is 1. The summed E-state index contributed by atoms with van der Waals surface area (Å²) >= 11 is 0. The first-order valence-electron chi connectivity index (χ1n) is 6.03. The van der Waals surface area contributed by atoms with Gasteiger partial charge in [0, 0.05) is 6.42 Å². The van der Waals surface area contributed by atoms with Gasteiger partial charge in [-0.25, -0.2) is 4.39 Å². The van der Waals surface area contributed by atoms with Gasteiger partial charge < -0.3 is 4.74 Å². The number of ketones is 1. The fourth-order valence-electron chi connectivity index (χ4n) is 1.92. The molecule has 0 aliphatic carbocycles. The van der Waals surface area contributed by atoms with E-state index in [1.54, 1.807) is 6.07 Å². The molecule has 3 heteroatoms. The zero-order valence-corrected chi connectivity index (χ0v) is 10.9. The fraction of sp³-hybridized carbons (Fsp3) is 0.188. The number of benzene rings is 2. The molecule has 0 bridgehead atoms. The molecule has 0 atom stereocenters. The summed E-state index contributed by atoms with van der Waals surface area (Å²) < 4.78 is 18.8. The molecule has 0 unspecified atom stereocenters. The first-order chi connectivity index (χ1) is 9.11. The third-order valence-electron chi connectivity index (χ3n) is 2.96. The van der Waals surface area contributed by atoms with E-state index in [1.165, 1.54) is 19.2 Å². The summed E-state index contributed by atoms with van der Waals surface area (Å²) in [6.07, 6.45) is 0.164. The van der Waals surface area contributed by atoms with Crippen molar-refractivity contribution in [3.8, 4) is 5.75 Å². The standard InChI is InChI=1S/C16H15FO2/c1-11-6-8-12(9-7-11)10-14(18)16-13(17)4-3-5-15(16)19-2/h3-9H,10H2,1-2H3. The van der Waals surface area contributed by atoms with Crippen LogP contribution in [0.2, 0.25) is 0 Å². The summed E-state index contributed by atoms with van der Waals surface area (Å²) in [6, 6.07) is 12.0. The van der Waals surface area contributed by atoms with Crippen LogP contribution in [0.1, 0.15) is 21.5 Å². The third kappa shape index (κ3) is 2.99. The Bertz CT molecular complexity index is 588. The molecular weight excluding hydrogens is 243 g/mol. The lowest BCUT2D eigenvalue weighted by Crippen LogP contribution is -2.08. The number of carbonyl (C=O) groups is 1. The van der Waals surface area contributed by atoms with Gasteiger partial charge in [0.05, 0.1) is 12.7 Å². The van der Waals surface area contributed by atoms with Crippen LogP contribution in [0.15, 0.2) is 42.5 Å². The van der Waals surface area contributed by atoms with E-state index in [1.807, 2.05) is 31.2 Å². The Kier molecular flexibility index (Phi) is 3.95. The van der Waals surface area contributed by atoms with Gasteiger partial charge in [-0.15, -0.1) is 0 Å². The highest BCUT2D eigenvalue weighted by atomic mass is 19.1. The van der Waals surface area contributed by atoms with Crippen LogP contribution in [-0.4, -0.2) is 12.9 Å². The summed E-state index contributed by atoms with van der Waals surface area (Å²) in [5.41, 5.74) is 2.01. The Morgan fingerprint density at radius 2 is 1.84 bits per heavy atom. The van der Waals surface area contributed by atoms with Crippen LogP contribution in [0.25, 0.3) is 0 Å². The maximum atomic E-state index is 13.8. The van der Waals surface area contributed by atoms with Gasteiger partial charge in [-0.1, -0.05) is 35.9 Å². The minimum Gasteiger partial charge on any atom is -0.496 e. The van der Waals surface area contributed by atoms with Gasteiger partial charge in [-0.2, -0.15) is 0 Å². The summed E-state index contributed by atoms with van der Waals surface area (Å²) in [5.74, 6) is -0.549. The van der Waals surface area contributed by atoms with E-state index in [2.05, 4.69) is 0 Å². The van der Waals surface area contributed by atoms with Crippen molar-refractivity contribution < 1.29 is 13.9 Å². The van der Waals surface area contributed by atoms with E-state index in [9.17, 15) is 9.18 Å². The molecule has 0 spiro atoms. The van der Waals surface area contributed by atoms with Crippen LogP contribution in [0, 0.1) is 12.7 Å². The fourth-order valence-corrected chi connectivity index (χ4v) is 1.92. The molecule has 98 valence electrons. The highest BCUT2D eigenvalue weighted by Gasteiger charge is 2.17. The summed E-state index contributed by atoms with van der Waals surface area (Å²) in [5, 5.41) is 0. The highest BCUT2D eigenvalue weighted by Crippen LogP contribution is 2.23. The summed E-state index contributed by atoms with van der Waals surface area (Å²) in [4.78, 5) is 12.2. The number of Topliss-reactive ketones (excluding diaryl/α,β-unsaturated/α-hetero) is 1. The van der Waals surface area contributed by atoms with Crippen LogP contribution in [0.4, 0.5) is 4.39 Å². The highest BCUT2D eigenvalue weighted by molar-refractivity contribution is 6.00. The molecule has 2 rings (SSSR count). The zero-order chi connectivity index (χ0) is 13.8. The predicted molar refractivity (Wildman–Crippen MR) is 72.2 cm³/mol. The van der Waals surface area contributed by atoms with Gasteiger partial charge >= 0.3 is 0 Å². The van der Waals surface area contributed by atoms with Crippen molar-refractivity contribution in [3.63, 3.8) is 0 Å². The van der Waals surface area contributed by atoms with Crippen molar-refractivity contribution in [2.24, 2.45) is 0 Å². The molecule has 0 amide bonds. The van der Waals surface area contributed by atoms with Crippen molar-refractivity contribution in [2.45, 2.75) is 13.3 Å². The average molecular weight is 258 g/mol. The van der Waals surface area contributed by atoms with Crippen molar-refractivity contribution in [3.05, 3.63) is 65.0 Å². The first kappa shape index (κ1) is 13.3. The largest absolute Gasteiger partial charge is 0.496 e. The van der Waals surface area contributed by atoms with E-state index < -0.39 is 5.82 Å². The second kappa shape index (κ2) is 5.65. The normalized spacial score (nSPS) is 10.3. The van der Waals surface area contributed by atoms with Gasteiger partial charge in [0.25, 0.3) is 0 Å². The van der Waals surface area contributed by atoms with Crippen LogP contribution in [0.3, 0.4) is 0 Å². The molecule has 0 fully saturated rings. The molecule has 0 N–H and O–H groups in total. The van der Waals surface area contributed by atoms with E-state index >= 15 is 0 Å². The van der Waals surface area contributed by atoms with Gasteiger partial charge in [-0.05, 0) is 24.6 Å². The van der Waals surface area contributed by atoms with Gasteiger partial charge in [0.1, 0.15) is 11.6 Å². The molecule has 0 aliphatic rings. The zero-order valence-electron chi connectivity index (χ0n) is 10.9. The number of aryl methyl sites for hydroxylation is 1. The maximum Gasteiger partial charge on any atom is 0.173 e. The predicted octanol–water partition coefficient (Wildman–Crippen LogP) is 3.57. The lowest BCUT2D eigenvalue weighted by molar-refractivity contribution is 0.0986. The minimum absolute atomic E-state index is 0.0191. The van der Waals surface area contributed by atoms with Gasteiger partial charge in [-0.3, -0.25) is 4.79 Å². The number of halogens is 1. The molecule has 0 saturated heterocycles. The number of carbonyl (C=O) groups excluding carboxylic acids is 1. The molecule has 0 aromatic heterocycles. The van der Waals surface area contributed by atoms with E-state index in [-0.39, 0.29) is 23.5 Å². The van der Waals surface area contributed by atoms with Crippen molar-refractivity contribution in [1.29, 1.82) is 0 Å². The van der Waals surface area contributed by atoms with E-state index in [0.29, 0.717) is 0 Å². The number of methoxy groups -OCH3 is 1. The maximum absolute atomic E-state index is 13.8. The smallest absolute Gasteiger partial charge is 0.173 e. The second-order valence-electron chi connectivity index (χ2n) is 4.40. The molecule has 2 nitrogen and oxygen atoms in total. The molecular formula is C16H15FO2. The SMILES string of the molecule is COc1cccc(F)c1C(=O)Cc1ccc(C)cc1. The van der Waals surface area contributed by atoms with Crippen LogP contribution in [0.5, 0.6) is 5.75 Å². The Hall–Kier alpha value is -2.16. The molecule has 0 aliphatic heterocycles. The second-order valence-corrected chi connectivity index (χ2v) is 4.40. The summed E-state index contributed by atoms with van der Waals surface area (Å²) in [7, 11) is 1.43. The topological polar surface area (TPSA) is 26.3 Å². The number of rotatable bonds is 4. The average Bonchev–Trinajstić information content (AvgIpc) is 2.40. The summed E-state index contributed by atoms with van der Waals surface area (Å²) in [6.45, 7) is 1.98. The molecule has 2 aromatic carbocycles. The Morgan fingerprint density at radius 1 is 1.16 bits per heavy atom. The Balaban J connectivity index is 2.27. The van der Waals surface area contributed by atoms with Gasteiger partial charge in [0.2, 0.25) is 0 Å². The molecule has 0 heterocycles. The number of hydrogen-bond acceptors (Lipinski definition) is 2. The first-order valence-corrected chi connectivity index (χ1v) is 6.03. The van der Waals surface area contributed by atoms with Crippen molar-refractivity contribution in [1.82, 2.24) is 0 Å². The quantitative estimate of drug-likeness (QED) is 0.784. The van der Waals surface area contributed by atoms with Crippen LogP contribution < -0.4 is 4.74 Å². The lowest BCUT2D eigenvalue weighted by atomic mass is 10.0. The monoisotopic (exact) mass is 258 g/mol. The Morgan fingerprint density at radius 3 is 2.47 bits per heavy atom. The Labute approximate surface area is 111 Å².